The van der Waals surface area contributed by atoms with Gasteiger partial charge < -0.3 is 20.4 Å². The first-order chi connectivity index (χ1) is 17.2. The van der Waals surface area contributed by atoms with E-state index < -0.39 is 0 Å². The van der Waals surface area contributed by atoms with Crippen LogP contribution in [0.2, 0.25) is 0 Å². The van der Waals surface area contributed by atoms with Gasteiger partial charge in [-0.1, -0.05) is 13.8 Å². The van der Waals surface area contributed by atoms with Crippen LogP contribution in [0.25, 0.3) is 27.1 Å². The Bertz CT molecular complexity index is 1490. The van der Waals surface area contributed by atoms with E-state index in [1.807, 2.05) is 15.9 Å². The molecule has 2 aliphatic heterocycles. The number of fused-ring (bicyclic) bond motifs is 2. The molecule has 7 nitrogen and oxygen atoms in total. The molecule has 0 radical (unpaired) electrons. The molecule has 4 aromatic rings. The average Bonchev–Trinajstić information content (AvgIpc) is 3.28. The zero-order valence-corrected chi connectivity index (χ0v) is 22.7. The molecule has 0 aromatic carbocycles. The molecule has 3 aliphatic rings. The Labute approximate surface area is 216 Å². The largest absolute Gasteiger partial charge is 0.352 e. The minimum atomic E-state index is -0.0294. The van der Waals surface area contributed by atoms with Gasteiger partial charge in [0.1, 0.15) is 23.5 Å². The first-order valence-electron chi connectivity index (χ1n) is 13.3. The first-order valence-corrected chi connectivity index (χ1v) is 14.1. The second kappa shape index (κ2) is 7.87. The van der Waals surface area contributed by atoms with Crippen molar-refractivity contribution in [3.8, 4) is 11.3 Å². The maximum atomic E-state index is 5.86. The fourth-order valence-electron chi connectivity index (χ4n) is 7.13. The van der Waals surface area contributed by atoms with Crippen molar-refractivity contribution in [2.24, 2.45) is 11.1 Å². The molecule has 8 heteroatoms. The SMILES string of the molecule is Cc1c(-c2[nH]c3sc(C4CC5(CCN(CC6OC6N)C5)C4)c(C)c3c2C(C)C)cn2ncnc2c1C. The highest BCUT2D eigenvalue weighted by Crippen LogP contribution is 2.59. The van der Waals surface area contributed by atoms with Crippen LogP contribution in [0.1, 0.15) is 72.1 Å². The van der Waals surface area contributed by atoms with Crippen molar-refractivity contribution < 1.29 is 4.74 Å². The average molecular weight is 505 g/mol. The predicted octanol–water partition coefficient (Wildman–Crippen LogP) is 5.24. The van der Waals surface area contributed by atoms with Crippen molar-refractivity contribution in [2.45, 2.75) is 78.0 Å². The van der Waals surface area contributed by atoms with Crippen LogP contribution in [0.3, 0.4) is 0 Å². The summed E-state index contributed by atoms with van der Waals surface area (Å²) in [6.07, 6.45) is 7.96. The molecule has 4 aromatic heterocycles. The van der Waals surface area contributed by atoms with Crippen molar-refractivity contribution >= 4 is 27.2 Å². The Morgan fingerprint density at radius 1 is 1.22 bits per heavy atom. The molecular weight excluding hydrogens is 468 g/mol. The van der Waals surface area contributed by atoms with E-state index in [0.717, 1.165) is 12.2 Å². The van der Waals surface area contributed by atoms with Crippen LogP contribution in [0.4, 0.5) is 0 Å². The molecule has 6 heterocycles. The van der Waals surface area contributed by atoms with Gasteiger partial charge in [0.25, 0.3) is 0 Å². The number of pyridine rings is 1. The van der Waals surface area contributed by atoms with Gasteiger partial charge in [-0.25, -0.2) is 9.50 Å². The van der Waals surface area contributed by atoms with Gasteiger partial charge in [-0.05, 0) is 86.1 Å². The smallest absolute Gasteiger partial charge is 0.158 e. The van der Waals surface area contributed by atoms with E-state index in [1.54, 1.807) is 11.2 Å². The highest BCUT2D eigenvalue weighted by Gasteiger charge is 2.51. The Hall–Kier alpha value is -2.26. The highest BCUT2D eigenvalue weighted by molar-refractivity contribution is 7.19. The molecule has 7 rings (SSSR count). The van der Waals surface area contributed by atoms with Crippen LogP contribution < -0.4 is 5.73 Å². The second-order valence-electron chi connectivity index (χ2n) is 11.9. The molecule has 36 heavy (non-hydrogen) atoms. The lowest BCUT2D eigenvalue weighted by Crippen LogP contribution is -2.39. The topological polar surface area (TPSA) is 87.8 Å². The number of epoxide rings is 1. The highest BCUT2D eigenvalue weighted by atomic mass is 32.1. The van der Waals surface area contributed by atoms with Gasteiger partial charge in [0.2, 0.25) is 0 Å². The Kier molecular flexibility index (Phi) is 5.01. The van der Waals surface area contributed by atoms with Crippen molar-refractivity contribution in [1.82, 2.24) is 24.5 Å². The van der Waals surface area contributed by atoms with Gasteiger partial charge in [0, 0.05) is 35.1 Å². The van der Waals surface area contributed by atoms with E-state index in [2.05, 4.69) is 60.8 Å². The van der Waals surface area contributed by atoms with E-state index >= 15 is 0 Å². The number of nitrogens with zero attached hydrogens (tertiary/aromatic N) is 4. The van der Waals surface area contributed by atoms with E-state index in [9.17, 15) is 0 Å². The molecule has 1 spiro atoms. The van der Waals surface area contributed by atoms with Crippen LogP contribution in [0, 0.1) is 26.2 Å². The number of nitrogens with two attached hydrogens (primary N) is 1. The van der Waals surface area contributed by atoms with Crippen LogP contribution in [0.5, 0.6) is 0 Å². The Balaban J connectivity index is 1.20. The monoisotopic (exact) mass is 504 g/mol. The number of aromatic nitrogens is 4. The van der Waals surface area contributed by atoms with Crippen molar-refractivity contribution in [3.05, 3.63) is 39.7 Å². The number of thiophene rings is 1. The third-order valence-electron chi connectivity index (χ3n) is 9.24. The van der Waals surface area contributed by atoms with Crippen LogP contribution in [-0.2, 0) is 4.74 Å². The van der Waals surface area contributed by atoms with E-state index in [-0.39, 0.29) is 12.3 Å². The summed E-state index contributed by atoms with van der Waals surface area (Å²) in [5, 5.41) is 5.89. The van der Waals surface area contributed by atoms with Gasteiger partial charge in [0.15, 0.2) is 5.65 Å². The molecule has 3 N–H and O–H groups in total. The number of aryl methyl sites for hydroxylation is 2. The minimum absolute atomic E-state index is 0.0294. The number of H-pyrrole nitrogens is 1. The lowest BCUT2D eigenvalue weighted by atomic mass is 9.60. The summed E-state index contributed by atoms with van der Waals surface area (Å²) in [5.41, 5.74) is 15.2. The zero-order valence-electron chi connectivity index (χ0n) is 21.9. The number of rotatable bonds is 5. The summed E-state index contributed by atoms with van der Waals surface area (Å²) in [5.74, 6) is 1.11. The van der Waals surface area contributed by atoms with Crippen molar-refractivity contribution in [1.29, 1.82) is 0 Å². The summed E-state index contributed by atoms with van der Waals surface area (Å²) in [7, 11) is 0. The first kappa shape index (κ1) is 22.9. The lowest BCUT2D eigenvalue weighted by molar-refractivity contribution is 0.108. The summed E-state index contributed by atoms with van der Waals surface area (Å²) in [6.45, 7) is 14.8. The summed E-state index contributed by atoms with van der Waals surface area (Å²) < 4.78 is 7.37. The van der Waals surface area contributed by atoms with Crippen LogP contribution in [0.15, 0.2) is 12.5 Å². The Morgan fingerprint density at radius 3 is 2.72 bits per heavy atom. The number of nitrogens with one attached hydrogen (secondary N) is 1. The number of ether oxygens (including phenoxy) is 1. The summed E-state index contributed by atoms with van der Waals surface area (Å²) in [4.78, 5) is 13.8. The van der Waals surface area contributed by atoms with Crippen LogP contribution in [-0.4, -0.2) is 56.4 Å². The van der Waals surface area contributed by atoms with Crippen molar-refractivity contribution in [2.75, 3.05) is 19.6 Å². The fourth-order valence-corrected chi connectivity index (χ4v) is 8.45. The standard InChI is InChI=1S/C28H36N6OS/c1-14(2)21-22-17(5)24(18-8-28(9-18)6-7-33(12-28)11-20-25(29)35-20)36-27(22)32-23(21)19-10-34-26(30-13-31-34)16(4)15(19)3/h10,13-14,18,20,25,32H,6-9,11-12,29H2,1-5H3. The van der Waals surface area contributed by atoms with E-state index in [4.69, 9.17) is 10.5 Å². The van der Waals surface area contributed by atoms with Gasteiger partial charge >= 0.3 is 0 Å². The molecule has 2 unspecified atom stereocenters. The third kappa shape index (κ3) is 3.34. The second-order valence-corrected chi connectivity index (χ2v) is 13.0. The van der Waals surface area contributed by atoms with E-state index in [1.165, 1.54) is 76.1 Å². The number of aromatic amines is 1. The quantitative estimate of drug-likeness (QED) is 0.363. The zero-order chi connectivity index (χ0) is 24.9. The molecule has 3 fully saturated rings. The minimum Gasteiger partial charge on any atom is -0.352 e. The summed E-state index contributed by atoms with van der Waals surface area (Å²) in [6, 6.07) is 0. The molecule has 2 saturated heterocycles. The van der Waals surface area contributed by atoms with Crippen molar-refractivity contribution in [3.63, 3.8) is 0 Å². The van der Waals surface area contributed by atoms with Gasteiger partial charge in [-0.3, -0.25) is 0 Å². The van der Waals surface area contributed by atoms with Gasteiger partial charge in [-0.15, -0.1) is 11.3 Å². The molecule has 1 aliphatic carbocycles. The molecule has 0 amide bonds. The van der Waals surface area contributed by atoms with Gasteiger partial charge in [0.05, 0.1) is 5.69 Å². The molecule has 0 bridgehead atoms. The predicted molar refractivity (Wildman–Crippen MR) is 145 cm³/mol. The number of hydrogen-bond acceptors (Lipinski definition) is 6. The van der Waals surface area contributed by atoms with Gasteiger partial charge in [-0.2, -0.15) is 5.10 Å². The lowest BCUT2D eigenvalue weighted by Gasteiger charge is -2.45. The van der Waals surface area contributed by atoms with Crippen LogP contribution >= 0.6 is 11.3 Å². The Morgan fingerprint density at radius 2 is 2.00 bits per heavy atom. The number of likely N-dealkylation sites (tertiary alicyclic amines) is 1. The maximum absolute atomic E-state index is 5.86. The molecule has 190 valence electrons. The molecule has 1 saturated carbocycles. The summed E-state index contributed by atoms with van der Waals surface area (Å²) >= 11 is 1.99. The molecular formula is C28H36N6OS. The molecule has 2 atom stereocenters. The maximum Gasteiger partial charge on any atom is 0.158 e. The third-order valence-corrected chi connectivity index (χ3v) is 10.6. The van der Waals surface area contributed by atoms with E-state index in [0.29, 0.717) is 17.3 Å². The fraction of sp³-hybridized carbons (Fsp3) is 0.571. The number of hydrogen-bond donors (Lipinski definition) is 2. The normalized spacial score (nSPS) is 28.2.